The molecule has 0 bridgehead atoms. The van der Waals surface area contributed by atoms with E-state index in [1.165, 1.54) is 5.56 Å². The van der Waals surface area contributed by atoms with E-state index in [9.17, 15) is 4.79 Å². The Kier molecular flexibility index (Phi) is 6.99. The number of carbonyl (C=O) groups excluding carboxylic acids is 1. The standard InChI is InChI=1S/C24H22ClNO2/c1-2-18-3-11-22(26-17-18)15-16-28-23-12-4-19(5-13-23)6-14-24(27)20-7-9-21(25)10-8-20/h3-14,17H,2,15-16H2,1H3/b14-6+. The Morgan fingerprint density at radius 1 is 1.04 bits per heavy atom. The number of nitrogens with zero attached hydrogens (tertiary/aromatic N) is 1. The number of aryl methyl sites for hydroxylation is 1. The lowest BCUT2D eigenvalue weighted by Gasteiger charge is -2.06. The molecule has 2 aromatic carbocycles. The molecule has 1 heterocycles. The first kappa shape index (κ1) is 19.8. The Labute approximate surface area is 170 Å². The average Bonchev–Trinajstić information content (AvgIpc) is 2.74. The van der Waals surface area contributed by atoms with Crippen LogP contribution in [0.3, 0.4) is 0 Å². The molecule has 4 heteroatoms. The van der Waals surface area contributed by atoms with E-state index in [-0.39, 0.29) is 5.78 Å². The highest BCUT2D eigenvalue weighted by molar-refractivity contribution is 6.30. The molecule has 0 aliphatic rings. The van der Waals surface area contributed by atoms with Crippen LogP contribution in [0.4, 0.5) is 0 Å². The van der Waals surface area contributed by atoms with Crippen LogP contribution in [0.25, 0.3) is 6.08 Å². The van der Waals surface area contributed by atoms with Crippen molar-refractivity contribution < 1.29 is 9.53 Å². The number of carbonyl (C=O) groups is 1. The summed E-state index contributed by atoms with van der Waals surface area (Å²) >= 11 is 5.84. The average molecular weight is 392 g/mol. The minimum Gasteiger partial charge on any atom is -0.493 e. The molecule has 142 valence electrons. The van der Waals surface area contributed by atoms with Gasteiger partial charge in [-0.1, -0.05) is 42.8 Å². The number of allylic oxidation sites excluding steroid dienone is 1. The summed E-state index contributed by atoms with van der Waals surface area (Å²) in [6, 6.07) is 18.7. The van der Waals surface area contributed by atoms with Crippen LogP contribution < -0.4 is 4.74 Å². The van der Waals surface area contributed by atoms with Crippen molar-refractivity contribution >= 4 is 23.5 Å². The van der Waals surface area contributed by atoms with Crippen LogP contribution in [0.15, 0.2) is 72.9 Å². The second-order valence-corrected chi connectivity index (χ2v) is 6.82. The molecular weight excluding hydrogens is 370 g/mol. The van der Waals surface area contributed by atoms with Crippen molar-refractivity contribution in [1.29, 1.82) is 0 Å². The summed E-state index contributed by atoms with van der Waals surface area (Å²) in [5, 5.41) is 0.616. The summed E-state index contributed by atoms with van der Waals surface area (Å²) in [7, 11) is 0. The van der Waals surface area contributed by atoms with Crippen LogP contribution in [-0.4, -0.2) is 17.4 Å². The van der Waals surface area contributed by atoms with Crippen molar-refractivity contribution in [3.63, 3.8) is 0 Å². The lowest BCUT2D eigenvalue weighted by Crippen LogP contribution is -2.03. The minimum atomic E-state index is -0.0569. The van der Waals surface area contributed by atoms with Gasteiger partial charge < -0.3 is 4.74 Å². The summed E-state index contributed by atoms with van der Waals surface area (Å²) < 4.78 is 5.78. The van der Waals surface area contributed by atoms with Crippen molar-refractivity contribution in [2.45, 2.75) is 19.8 Å². The fourth-order valence-electron chi connectivity index (χ4n) is 2.64. The third kappa shape index (κ3) is 5.80. The lowest BCUT2D eigenvalue weighted by atomic mass is 10.1. The van der Waals surface area contributed by atoms with Gasteiger partial charge in [0, 0.05) is 28.9 Å². The zero-order chi connectivity index (χ0) is 19.8. The van der Waals surface area contributed by atoms with Gasteiger partial charge in [-0.25, -0.2) is 0 Å². The second kappa shape index (κ2) is 9.86. The number of ether oxygens (including phenoxy) is 1. The van der Waals surface area contributed by atoms with Crippen LogP contribution in [0, 0.1) is 0 Å². The quantitative estimate of drug-likeness (QED) is 0.359. The van der Waals surface area contributed by atoms with Gasteiger partial charge in [-0.05, 0) is 66.1 Å². The van der Waals surface area contributed by atoms with Gasteiger partial charge in [-0.15, -0.1) is 0 Å². The maximum atomic E-state index is 12.2. The highest BCUT2D eigenvalue weighted by Crippen LogP contribution is 2.15. The van der Waals surface area contributed by atoms with Crippen LogP contribution in [-0.2, 0) is 12.8 Å². The molecule has 3 aromatic rings. The molecule has 0 unspecified atom stereocenters. The Balaban J connectivity index is 1.50. The monoisotopic (exact) mass is 391 g/mol. The largest absolute Gasteiger partial charge is 0.493 e. The number of halogens is 1. The maximum absolute atomic E-state index is 12.2. The molecule has 0 amide bonds. The van der Waals surface area contributed by atoms with E-state index in [2.05, 4.69) is 18.0 Å². The number of ketones is 1. The van der Waals surface area contributed by atoms with Gasteiger partial charge in [-0.3, -0.25) is 9.78 Å². The van der Waals surface area contributed by atoms with E-state index in [1.807, 2.05) is 36.5 Å². The lowest BCUT2D eigenvalue weighted by molar-refractivity contribution is 0.104. The molecule has 3 nitrogen and oxygen atoms in total. The highest BCUT2D eigenvalue weighted by atomic mass is 35.5. The number of benzene rings is 2. The molecule has 1 aromatic heterocycles. The van der Waals surface area contributed by atoms with Crippen molar-refractivity contribution in [2.75, 3.05) is 6.61 Å². The first-order valence-electron chi connectivity index (χ1n) is 9.28. The topological polar surface area (TPSA) is 39.2 Å². The SMILES string of the molecule is CCc1ccc(CCOc2ccc(/C=C/C(=O)c3ccc(Cl)cc3)cc2)nc1. The number of hydrogen-bond acceptors (Lipinski definition) is 3. The molecule has 0 saturated carbocycles. The number of pyridine rings is 1. The molecule has 0 radical (unpaired) electrons. The Hall–Kier alpha value is -2.91. The molecule has 0 spiro atoms. The van der Waals surface area contributed by atoms with Crippen molar-refractivity contribution in [3.05, 3.63) is 100 Å². The fraction of sp³-hybridized carbons (Fsp3) is 0.167. The van der Waals surface area contributed by atoms with Crippen LogP contribution >= 0.6 is 11.6 Å². The van der Waals surface area contributed by atoms with Crippen LogP contribution in [0.2, 0.25) is 5.02 Å². The van der Waals surface area contributed by atoms with E-state index >= 15 is 0 Å². The van der Waals surface area contributed by atoms with E-state index in [1.54, 1.807) is 36.4 Å². The maximum Gasteiger partial charge on any atom is 0.185 e. The molecule has 0 fully saturated rings. The summed E-state index contributed by atoms with van der Waals surface area (Å²) in [6.45, 7) is 2.69. The van der Waals surface area contributed by atoms with Gasteiger partial charge >= 0.3 is 0 Å². The Bertz CT molecular complexity index is 930. The first-order chi connectivity index (χ1) is 13.6. The molecule has 0 aliphatic heterocycles. The van der Waals surface area contributed by atoms with E-state index in [4.69, 9.17) is 16.3 Å². The van der Waals surface area contributed by atoms with Crippen molar-refractivity contribution in [2.24, 2.45) is 0 Å². The third-order valence-electron chi connectivity index (χ3n) is 4.36. The number of rotatable bonds is 8. The zero-order valence-electron chi connectivity index (χ0n) is 15.8. The molecule has 28 heavy (non-hydrogen) atoms. The van der Waals surface area contributed by atoms with Gasteiger partial charge in [0.15, 0.2) is 5.78 Å². The molecule has 3 rings (SSSR count). The predicted molar refractivity (Wildman–Crippen MR) is 114 cm³/mol. The molecular formula is C24H22ClNO2. The highest BCUT2D eigenvalue weighted by Gasteiger charge is 2.02. The third-order valence-corrected chi connectivity index (χ3v) is 4.61. The minimum absolute atomic E-state index is 0.0569. The fourth-order valence-corrected chi connectivity index (χ4v) is 2.77. The Morgan fingerprint density at radius 3 is 2.43 bits per heavy atom. The molecule has 0 atom stereocenters. The van der Waals surface area contributed by atoms with E-state index in [0.29, 0.717) is 17.2 Å². The van der Waals surface area contributed by atoms with E-state index < -0.39 is 0 Å². The van der Waals surface area contributed by atoms with Gasteiger partial charge in [0.25, 0.3) is 0 Å². The molecule has 0 N–H and O–H groups in total. The number of hydrogen-bond donors (Lipinski definition) is 0. The zero-order valence-corrected chi connectivity index (χ0v) is 16.5. The van der Waals surface area contributed by atoms with Crippen LogP contribution in [0.5, 0.6) is 5.75 Å². The van der Waals surface area contributed by atoms with Crippen molar-refractivity contribution in [3.8, 4) is 5.75 Å². The molecule has 0 saturated heterocycles. The van der Waals surface area contributed by atoms with Crippen LogP contribution in [0.1, 0.15) is 34.1 Å². The Morgan fingerprint density at radius 2 is 1.79 bits per heavy atom. The van der Waals surface area contributed by atoms with Gasteiger partial charge in [-0.2, -0.15) is 0 Å². The van der Waals surface area contributed by atoms with Gasteiger partial charge in [0.1, 0.15) is 5.75 Å². The van der Waals surface area contributed by atoms with E-state index in [0.717, 1.165) is 29.8 Å². The molecule has 0 aliphatic carbocycles. The summed E-state index contributed by atoms with van der Waals surface area (Å²) in [5.74, 6) is 0.741. The second-order valence-electron chi connectivity index (χ2n) is 6.38. The van der Waals surface area contributed by atoms with Crippen molar-refractivity contribution in [1.82, 2.24) is 4.98 Å². The van der Waals surface area contributed by atoms with Gasteiger partial charge in [0.05, 0.1) is 6.61 Å². The predicted octanol–water partition coefficient (Wildman–Crippen LogP) is 5.82. The first-order valence-corrected chi connectivity index (χ1v) is 9.66. The normalized spacial score (nSPS) is 10.9. The number of aromatic nitrogens is 1. The summed E-state index contributed by atoms with van der Waals surface area (Å²) in [4.78, 5) is 16.6. The summed E-state index contributed by atoms with van der Waals surface area (Å²) in [5.41, 5.74) is 3.81. The van der Waals surface area contributed by atoms with Gasteiger partial charge in [0.2, 0.25) is 0 Å². The summed E-state index contributed by atoms with van der Waals surface area (Å²) in [6.07, 6.45) is 7.03. The smallest absolute Gasteiger partial charge is 0.185 e.